The van der Waals surface area contributed by atoms with Crippen LogP contribution in [0.2, 0.25) is 0 Å². The minimum atomic E-state index is -0.854. The van der Waals surface area contributed by atoms with Gasteiger partial charge in [-0.25, -0.2) is 0 Å². The van der Waals surface area contributed by atoms with Crippen molar-refractivity contribution in [2.45, 2.75) is 45.1 Å². The van der Waals surface area contributed by atoms with Crippen molar-refractivity contribution in [2.24, 2.45) is 0 Å². The molecule has 0 aromatic rings. The third-order valence-electron chi connectivity index (χ3n) is 2.54. The molecule has 0 aliphatic carbocycles. The lowest BCUT2D eigenvalue weighted by Gasteiger charge is -2.22. The monoisotopic (exact) mass is 211 g/mol. The van der Waals surface area contributed by atoms with Gasteiger partial charge < -0.3 is 0 Å². The fourth-order valence-electron chi connectivity index (χ4n) is 1.72. The molecule has 1 aliphatic heterocycles. The summed E-state index contributed by atoms with van der Waals surface area (Å²) in [6, 6.07) is -0.854. The Morgan fingerprint density at radius 3 is 2.33 bits per heavy atom. The Kier molecular flexibility index (Phi) is 3.82. The number of unbranched alkanes of at least 4 members (excludes halogenated alkanes) is 1. The molecule has 0 spiro atoms. The van der Waals surface area contributed by atoms with Crippen LogP contribution >= 0.6 is 0 Å². The number of likely N-dealkylation sites (tertiary alicyclic amines) is 1. The van der Waals surface area contributed by atoms with Crippen molar-refractivity contribution in [3.63, 3.8) is 0 Å². The Labute approximate surface area is 88.6 Å². The highest BCUT2D eigenvalue weighted by molar-refractivity contribution is 6.05. The standard InChI is InChI=1S/C10H15N2O3/c1-2-3-4-7(10(11)15)12-8(13)5-6-9(12)14/h7,11H,2-6H2,1H3. The molecule has 1 fully saturated rings. The summed E-state index contributed by atoms with van der Waals surface area (Å²) in [5.41, 5.74) is 7.07. The topological polar surface area (TPSA) is 78.2 Å². The summed E-state index contributed by atoms with van der Waals surface area (Å²) in [4.78, 5) is 34.8. The zero-order chi connectivity index (χ0) is 11.4. The number of rotatable bonds is 5. The van der Waals surface area contributed by atoms with E-state index in [1.165, 1.54) is 0 Å². The van der Waals surface area contributed by atoms with E-state index in [4.69, 9.17) is 5.73 Å². The second-order valence-corrected chi connectivity index (χ2v) is 3.68. The molecule has 1 aliphatic rings. The molecule has 15 heavy (non-hydrogen) atoms. The second-order valence-electron chi connectivity index (χ2n) is 3.68. The lowest BCUT2D eigenvalue weighted by molar-refractivity contribution is -0.146. The second kappa shape index (κ2) is 4.91. The van der Waals surface area contributed by atoms with Crippen LogP contribution in [0.5, 0.6) is 0 Å². The molecule has 1 unspecified atom stereocenters. The van der Waals surface area contributed by atoms with Crippen molar-refractivity contribution in [1.29, 1.82) is 0 Å². The molecule has 1 radical (unpaired) electrons. The lowest BCUT2D eigenvalue weighted by atomic mass is 10.1. The molecule has 1 atom stereocenters. The fourth-order valence-corrected chi connectivity index (χ4v) is 1.72. The average molecular weight is 211 g/mol. The van der Waals surface area contributed by atoms with Crippen LogP contribution in [0.25, 0.3) is 0 Å². The summed E-state index contributed by atoms with van der Waals surface area (Å²) in [5.74, 6) is -1.48. The van der Waals surface area contributed by atoms with E-state index in [0.717, 1.165) is 17.7 Å². The van der Waals surface area contributed by atoms with Crippen molar-refractivity contribution in [3.8, 4) is 0 Å². The summed E-state index contributed by atoms with van der Waals surface area (Å²) in [7, 11) is 0. The van der Waals surface area contributed by atoms with Gasteiger partial charge in [0.25, 0.3) is 5.91 Å². The van der Waals surface area contributed by atoms with E-state index < -0.39 is 11.9 Å². The van der Waals surface area contributed by atoms with Crippen molar-refractivity contribution < 1.29 is 14.4 Å². The van der Waals surface area contributed by atoms with Crippen LogP contribution in [-0.4, -0.2) is 28.7 Å². The number of amides is 3. The van der Waals surface area contributed by atoms with E-state index in [9.17, 15) is 14.4 Å². The van der Waals surface area contributed by atoms with Crippen LogP contribution in [0.15, 0.2) is 0 Å². The maximum atomic E-state index is 11.4. The van der Waals surface area contributed by atoms with E-state index >= 15 is 0 Å². The molecule has 5 nitrogen and oxygen atoms in total. The van der Waals surface area contributed by atoms with Crippen LogP contribution in [0.4, 0.5) is 0 Å². The van der Waals surface area contributed by atoms with Gasteiger partial charge in [0.05, 0.1) is 0 Å². The van der Waals surface area contributed by atoms with Gasteiger partial charge in [-0.05, 0) is 6.42 Å². The molecule has 83 valence electrons. The number of hydrogen-bond acceptors (Lipinski definition) is 3. The van der Waals surface area contributed by atoms with Gasteiger partial charge in [0.15, 0.2) is 0 Å². The highest BCUT2D eigenvalue weighted by atomic mass is 16.2. The highest BCUT2D eigenvalue weighted by Gasteiger charge is 2.37. The number of imide groups is 1. The normalized spacial score (nSPS) is 18.3. The van der Waals surface area contributed by atoms with Crippen LogP contribution < -0.4 is 5.73 Å². The van der Waals surface area contributed by atoms with Gasteiger partial charge in [-0.1, -0.05) is 19.8 Å². The van der Waals surface area contributed by atoms with Crippen molar-refractivity contribution in [1.82, 2.24) is 10.6 Å². The van der Waals surface area contributed by atoms with E-state index in [2.05, 4.69) is 0 Å². The summed E-state index contributed by atoms with van der Waals surface area (Å²) < 4.78 is 0. The van der Waals surface area contributed by atoms with Crippen LogP contribution in [-0.2, 0) is 14.4 Å². The molecule has 0 aromatic heterocycles. The smallest absolute Gasteiger partial charge is 0.261 e. The number of hydrogen-bond donors (Lipinski definition) is 0. The molecule has 1 N–H and O–H groups in total. The van der Waals surface area contributed by atoms with Gasteiger partial charge >= 0.3 is 0 Å². The zero-order valence-corrected chi connectivity index (χ0v) is 8.78. The zero-order valence-electron chi connectivity index (χ0n) is 8.78. The molecular formula is C10H15N2O3. The molecular weight excluding hydrogens is 196 g/mol. The predicted octanol–water partition coefficient (Wildman–Crippen LogP) is 0.504. The minimum absolute atomic E-state index is 0.175. The first-order valence-electron chi connectivity index (χ1n) is 5.18. The largest absolute Gasteiger partial charge is 0.274 e. The van der Waals surface area contributed by atoms with Crippen LogP contribution in [0.3, 0.4) is 0 Å². The first-order chi connectivity index (χ1) is 7.07. The van der Waals surface area contributed by atoms with Gasteiger partial charge in [0.1, 0.15) is 6.04 Å². The third-order valence-corrected chi connectivity index (χ3v) is 2.54. The van der Waals surface area contributed by atoms with E-state index in [1.807, 2.05) is 6.92 Å². The predicted molar refractivity (Wildman–Crippen MR) is 52.5 cm³/mol. The third kappa shape index (κ3) is 2.55. The Hall–Kier alpha value is -1.39. The summed E-state index contributed by atoms with van der Waals surface area (Å²) >= 11 is 0. The fraction of sp³-hybridized carbons (Fsp3) is 0.700. The molecule has 1 saturated heterocycles. The van der Waals surface area contributed by atoms with Gasteiger partial charge in [0, 0.05) is 12.8 Å². The first kappa shape index (κ1) is 11.7. The van der Waals surface area contributed by atoms with E-state index in [1.54, 1.807) is 0 Å². The molecule has 5 heteroatoms. The molecule has 0 aromatic carbocycles. The first-order valence-corrected chi connectivity index (χ1v) is 5.18. The molecule has 3 amide bonds. The summed E-state index contributed by atoms with van der Waals surface area (Å²) in [6.07, 6.45) is 2.38. The van der Waals surface area contributed by atoms with Crippen molar-refractivity contribution >= 4 is 17.7 Å². The highest BCUT2D eigenvalue weighted by Crippen LogP contribution is 2.19. The molecule has 1 rings (SSSR count). The molecule has 1 heterocycles. The average Bonchev–Trinajstić information content (AvgIpc) is 2.49. The number of carbonyl (C=O) groups is 3. The quantitative estimate of drug-likeness (QED) is 0.621. The summed E-state index contributed by atoms with van der Waals surface area (Å²) in [6.45, 7) is 1.96. The lowest BCUT2D eigenvalue weighted by Crippen LogP contribution is -2.44. The Balaban J connectivity index is 2.74. The van der Waals surface area contributed by atoms with Crippen LogP contribution in [0, 0.1) is 0 Å². The van der Waals surface area contributed by atoms with Gasteiger partial charge in [-0.3, -0.25) is 25.0 Å². The Bertz CT molecular complexity index is 272. The van der Waals surface area contributed by atoms with E-state index in [0.29, 0.717) is 6.42 Å². The van der Waals surface area contributed by atoms with Crippen molar-refractivity contribution in [2.75, 3.05) is 0 Å². The number of nitrogens with one attached hydrogen (secondary N) is 1. The Morgan fingerprint density at radius 2 is 1.93 bits per heavy atom. The molecule has 0 bridgehead atoms. The SMILES string of the molecule is CCCCC(C([NH])=O)N1C(=O)CCC1=O. The number of carbonyl (C=O) groups excluding carboxylic acids is 3. The van der Waals surface area contributed by atoms with Crippen molar-refractivity contribution in [3.05, 3.63) is 0 Å². The maximum Gasteiger partial charge on any atom is 0.261 e. The minimum Gasteiger partial charge on any atom is -0.274 e. The van der Waals surface area contributed by atoms with Gasteiger partial charge in [-0.2, -0.15) is 0 Å². The Morgan fingerprint density at radius 1 is 1.40 bits per heavy atom. The maximum absolute atomic E-state index is 11.4. The van der Waals surface area contributed by atoms with Gasteiger partial charge in [-0.15, -0.1) is 0 Å². The van der Waals surface area contributed by atoms with E-state index in [-0.39, 0.29) is 24.7 Å². The van der Waals surface area contributed by atoms with Gasteiger partial charge in [0.2, 0.25) is 11.8 Å². The number of nitrogens with zero attached hydrogens (tertiary/aromatic N) is 1. The molecule has 0 saturated carbocycles. The summed E-state index contributed by atoms with van der Waals surface area (Å²) in [5, 5.41) is 0. The van der Waals surface area contributed by atoms with Crippen LogP contribution in [0.1, 0.15) is 39.0 Å².